The molecule has 0 aromatic rings. The molecule has 1 heterocycles. The van der Waals surface area contributed by atoms with Crippen LogP contribution < -0.4 is 0 Å². The number of carboxylic acids is 1. The van der Waals surface area contributed by atoms with Crippen molar-refractivity contribution in [2.45, 2.75) is 57.4 Å². The van der Waals surface area contributed by atoms with Crippen molar-refractivity contribution in [1.82, 2.24) is 4.90 Å². The second-order valence-corrected chi connectivity index (χ2v) is 6.25. The summed E-state index contributed by atoms with van der Waals surface area (Å²) in [5.41, 5.74) is 0. The van der Waals surface area contributed by atoms with Crippen molar-refractivity contribution in [3.8, 4) is 0 Å². The third-order valence-electron chi connectivity index (χ3n) is 3.23. The fraction of sp³-hybridized carbons (Fsp3) is 0.917. The van der Waals surface area contributed by atoms with Crippen LogP contribution in [0.15, 0.2) is 0 Å². The molecule has 1 N–H and O–H groups in total. The molecule has 2 unspecified atom stereocenters. The van der Waals surface area contributed by atoms with Gasteiger partial charge in [0, 0.05) is 23.8 Å². The summed E-state index contributed by atoms with van der Waals surface area (Å²) in [6, 6.07) is 1.15. The molecule has 4 heteroatoms. The van der Waals surface area contributed by atoms with E-state index in [2.05, 4.69) is 25.7 Å². The molecule has 0 bridgehead atoms. The molecule has 0 amide bonds. The van der Waals surface area contributed by atoms with Gasteiger partial charge in [-0.05, 0) is 39.0 Å². The molecular weight excluding hydrogens is 222 g/mol. The van der Waals surface area contributed by atoms with Gasteiger partial charge in [-0.1, -0.05) is 6.92 Å². The van der Waals surface area contributed by atoms with Gasteiger partial charge in [0.15, 0.2) is 0 Å². The summed E-state index contributed by atoms with van der Waals surface area (Å²) in [6.45, 7) is 7.61. The normalized spacial score (nSPS) is 25.6. The average molecular weight is 245 g/mol. The van der Waals surface area contributed by atoms with Crippen LogP contribution >= 0.6 is 11.8 Å². The van der Waals surface area contributed by atoms with E-state index in [9.17, 15) is 4.79 Å². The van der Waals surface area contributed by atoms with Crippen LogP contribution in [0.1, 0.15) is 40.0 Å². The molecular formula is C12H23NO2S. The molecule has 0 saturated carbocycles. The standard InChI is InChI=1S/C12H23NO2S/c1-9(2)13(7-4-5-12(14)15)11-6-8-16-10(11)3/h9-11H,4-8H2,1-3H3,(H,14,15). The van der Waals surface area contributed by atoms with E-state index in [1.165, 1.54) is 12.2 Å². The molecule has 1 aliphatic rings. The van der Waals surface area contributed by atoms with Crippen molar-refractivity contribution in [3.63, 3.8) is 0 Å². The maximum absolute atomic E-state index is 10.5. The summed E-state index contributed by atoms with van der Waals surface area (Å²) in [7, 11) is 0. The molecule has 94 valence electrons. The van der Waals surface area contributed by atoms with Crippen molar-refractivity contribution >= 4 is 17.7 Å². The van der Waals surface area contributed by atoms with Gasteiger partial charge < -0.3 is 5.11 Å². The van der Waals surface area contributed by atoms with Crippen molar-refractivity contribution in [1.29, 1.82) is 0 Å². The van der Waals surface area contributed by atoms with E-state index >= 15 is 0 Å². The lowest BCUT2D eigenvalue weighted by molar-refractivity contribution is -0.137. The van der Waals surface area contributed by atoms with E-state index in [0.29, 0.717) is 17.3 Å². The number of hydrogen-bond donors (Lipinski definition) is 1. The second-order valence-electron chi connectivity index (χ2n) is 4.76. The van der Waals surface area contributed by atoms with Gasteiger partial charge in [0.25, 0.3) is 0 Å². The smallest absolute Gasteiger partial charge is 0.303 e. The molecule has 0 aromatic heterocycles. The van der Waals surface area contributed by atoms with Crippen LogP contribution in [0.5, 0.6) is 0 Å². The number of nitrogens with zero attached hydrogens (tertiary/aromatic N) is 1. The maximum atomic E-state index is 10.5. The number of rotatable bonds is 6. The quantitative estimate of drug-likeness (QED) is 0.780. The van der Waals surface area contributed by atoms with Crippen LogP contribution in [0.3, 0.4) is 0 Å². The maximum Gasteiger partial charge on any atom is 0.303 e. The van der Waals surface area contributed by atoms with E-state index in [4.69, 9.17) is 5.11 Å². The topological polar surface area (TPSA) is 40.5 Å². The monoisotopic (exact) mass is 245 g/mol. The first-order chi connectivity index (χ1) is 7.52. The van der Waals surface area contributed by atoms with Crippen LogP contribution in [0.25, 0.3) is 0 Å². The number of carboxylic acid groups (broad SMARTS) is 1. The third kappa shape index (κ3) is 3.98. The zero-order valence-corrected chi connectivity index (χ0v) is 11.3. The predicted octanol–water partition coefficient (Wildman–Crippen LogP) is 2.46. The van der Waals surface area contributed by atoms with Crippen molar-refractivity contribution in [2.75, 3.05) is 12.3 Å². The number of thioether (sulfide) groups is 1. The molecule has 0 radical (unpaired) electrons. The Balaban J connectivity index is 2.44. The molecule has 1 rings (SSSR count). The molecule has 0 spiro atoms. The fourth-order valence-corrected chi connectivity index (χ4v) is 3.64. The molecule has 1 aliphatic heterocycles. The number of hydrogen-bond acceptors (Lipinski definition) is 3. The molecule has 3 nitrogen and oxygen atoms in total. The minimum atomic E-state index is -0.683. The highest BCUT2D eigenvalue weighted by molar-refractivity contribution is 8.00. The summed E-state index contributed by atoms with van der Waals surface area (Å²) < 4.78 is 0. The molecule has 0 aliphatic carbocycles. The number of aliphatic carboxylic acids is 1. The van der Waals surface area contributed by atoms with Gasteiger partial charge in [0.1, 0.15) is 0 Å². The molecule has 1 fully saturated rings. The summed E-state index contributed by atoms with van der Waals surface area (Å²) >= 11 is 2.03. The predicted molar refractivity (Wildman–Crippen MR) is 69.0 cm³/mol. The average Bonchev–Trinajstić information content (AvgIpc) is 2.58. The Kier molecular flexibility index (Phi) is 5.62. The Hall–Kier alpha value is -0.220. The highest BCUT2D eigenvalue weighted by Crippen LogP contribution is 2.31. The van der Waals surface area contributed by atoms with Crippen LogP contribution in [0.2, 0.25) is 0 Å². The largest absolute Gasteiger partial charge is 0.481 e. The molecule has 0 aromatic carbocycles. The zero-order valence-electron chi connectivity index (χ0n) is 10.5. The van der Waals surface area contributed by atoms with E-state index in [1.54, 1.807) is 0 Å². The Morgan fingerprint density at radius 2 is 2.25 bits per heavy atom. The third-order valence-corrected chi connectivity index (χ3v) is 4.54. The highest BCUT2D eigenvalue weighted by Gasteiger charge is 2.30. The van der Waals surface area contributed by atoms with Crippen LogP contribution in [0, 0.1) is 0 Å². The first-order valence-electron chi connectivity index (χ1n) is 6.11. The van der Waals surface area contributed by atoms with Gasteiger partial charge in [0.05, 0.1) is 0 Å². The van der Waals surface area contributed by atoms with Crippen LogP contribution in [0.4, 0.5) is 0 Å². The van der Waals surface area contributed by atoms with Crippen molar-refractivity contribution in [2.24, 2.45) is 0 Å². The summed E-state index contributed by atoms with van der Waals surface area (Å²) in [5.74, 6) is 0.561. The lowest BCUT2D eigenvalue weighted by atomic mass is 10.1. The Morgan fingerprint density at radius 3 is 2.69 bits per heavy atom. The van der Waals surface area contributed by atoms with E-state index < -0.39 is 5.97 Å². The van der Waals surface area contributed by atoms with E-state index in [1.807, 2.05) is 11.8 Å². The van der Waals surface area contributed by atoms with Gasteiger partial charge in [-0.3, -0.25) is 9.69 Å². The Morgan fingerprint density at radius 1 is 1.56 bits per heavy atom. The van der Waals surface area contributed by atoms with Gasteiger partial charge in [-0.2, -0.15) is 11.8 Å². The van der Waals surface area contributed by atoms with E-state index in [-0.39, 0.29) is 6.42 Å². The Bertz CT molecular complexity index is 233. The second kappa shape index (κ2) is 6.50. The van der Waals surface area contributed by atoms with E-state index in [0.717, 1.165) is 13.0 Å². The first-order valence-corrected chi connectivity index (χ1v) is 7.16. The summed E-state index contributed by atoms with van der Waals surface area (Å²) in [5, 5.41) is 9.35. The molecule has 1 saturated heterocycles. The van der Waals surface area contributed by atoms with Gasteiger partial charge >= 0.3 is 5.97 Å². The lowest BCUT2D eigenvalue weighted by Crippen LogP contribution is -2.44. The molecule has 2 atom stereocenters. The first kappa shape index (κ1) is 13.8. The SMILES string of the molecule is CC1SCCC1N(CCCC(=O)O)C(C)C. The molecule has 16 heavy (non-hydrogen) atoms. The van der Waals surface area contributed by atoms with Gasteiger partial charge in [-0.15, -0.1) is 0 Å². The van der Waals surface area contributed by atoms with Crippen molar-refractivity contribution in [3.05, 3.63) is 0 Å². The van der Waals surface area contributed by atoms with Crippen molar-refractivity contribution < 1.29 is 9.90 Å². The van der Waals surface area contributed by atoms with Crippen LogP contribution in [-0.4, -0.2) is 45.6 Å². The van der Waals surface area contributed by atoms with Gasteiger partial charge in [-0.25, -0.2) is 0 Å². The van der Waals surface area contributed by atoms with Crippen LogP contribution in [-0.2, 0) is 4.79 Å². The summed E-state index contributed by atoms with van der Waals surface area (Å²) in [4.78, 5) is 13.0. The minimum Gasteiger partial charge on any atom is -0.481 e. The van der Waals surface area contributed by atoms with Gasteiger partial charge in [0.2, 0.25) is 0 Å². The lowest BCUT2D eigenvalue weighted by Gasteiger charge is -2.34. The Labute approximate surface area is 103 Å². The highest BCUT2D eigenvalue weighted by atomic mass is 32.2. The number of carbonyl (C=O) groups is 1. The summed E-state index contributed by atoms with van der Waals surface area (Å²) in [6.07, 6.45) is 2.30. The minimum absolute atomic E-state index is 0.289. The zero-order chi connectivity index (χ0) is 12.1. The fourth-order valence-electron chi connectivity index (χ4n) is 2.38.